The van der Waals surface area contributed by atoms with Gasteiger partial charge in [-0.05, 0) is 25.3 Å². The minimum atomic E-state index is -0.546. The van der Waals surface area contributed by atoms with Crippen LogP contribution in [-0.4, -0.2) is 37.4 Å². The van der Waals surface area contributed by atoms with E-state index in [-0.39, 0.29) is 6.61 Å². The SMILES string of the molecule is COC(=O)C(CO)NCC1CC1. The van der Waals surface area contributed by atoms with Gasteiger partial charge in [-0.15, -0.1) is 0 Å². The van der Waals surface area contributed by atoms with Crippen LogP contribution >= 0.6 is 0 Å². The van der Waals surface area contributed by atoms with Crippen LogP contribution in [0.4, 0.5) is 0 Å². The molecular formula is C8H15NO3. The topological polar surface area (TPSA) is 58.6 Å². The van der Waals surface area contributed by atoms with Gasteiger partial charge in [-0.2, -0.15) is 0 Å². The fourth-order valence-corrected chi connectivity index (χ4v) is 0.996. The molecular weight excluding hydrogens is 158 g/mol. The Hall–Kier alpha value is -0.610. The van der Waals surface area contributed by atoms with Crippen molar-refractivity contribution in [3.05, 3.63) is 0 Å². The number of aliphatic hydroxyl groups excluding tert-OH is 1. The molecule has 2 N–H and O–H groups in total. The van der Waals surface area contributed by atoms with Gasteiger partial charge < -0.3 is 15.2 Å². The lowest BCUT2D eigenvalue weighted by atomic mass is 10.3. The number of methoxy groups -OCH3 is 1. The maximum absolute atomic E-state index is 10.9. The van der Waals surface area contributed by atoms with E-state index in [4.69, 9.17) is 5.11 Å². The van der Waals surface area contributed by atoms with Crippen molar-refractivity contribution in [2.75, 3.05) is 20.3 Å². The molecule has 12 heavy (non-hydrogen) atoms. The molecule has 1 unspecified atom stereocenters. The molecule has 1 atom stereocenters. The zero-order chi connectivity index (χ0) is 8.97. The van der Waals surface area contributed by atoms with E-state index in [1.54, 1.807) is 0 Å². The molecule has 0 radical (unpaired) electrons. The predicted octanol–water partition coefficient (Wildman–Crippen LogP) is -0.480. The molecule has 0 aromatic heterocycles. The second kappa shape index (κ2) is 4.42. The van der Waals surface area contributed by atoms with E-state index in [2.05, 4.69) is 10.1 Å². The monoisotopic (exact) mass is 173 g/mol. The lowest BCUT2D eigenvalue weighted by Gasteiger charge is -2.12. The summed E-state index contributed by atoms with van der Waals surface area (Å²) in [6, 6.07) is -0.546. The Balaban J connectivity index is 2.18. The highest BCUT2D eigenvalue weighted by Gasteiger charge is 2.24. The molecule has 0 amide bonds. The summed E-state index contributed by atoms with van der Waals surface area (Å²) in [6.07, 6.45) is 2.46. The average Bonchev–Trinajstić information content (AvgIpc) is 2.88. The van der Waals surface area contributed by atoms with Gasteiger partial charge in [0, 0.05) is 0 Å². The Bertz CT molecular complexity index is 156. The summed E-state index contributed by atoms with van der Waals surface area (Å²) in [4.78, 5) is 10.9. The Morgan fingerprint density at radius 3 is 2.83 bits per heavy atom. The molecule has 1 saturated carbocycles. The first-order valence-electron chi connectivity index (χ1n) is 4.20. The number of carbonyl (C=O) groups excluding carboxylic acids is 1. The molecule has 0 aromatic rings. The van der Waals surface area contributed by atoms with E-state index in [1.807, 2.05) is 0 Å². The van der Waals surface area contributed by atoms with Crippen LogP contribution in [0.3, 0.4) is 0 Å². The molecule has 0 aromatic carbocycles. The maximum Gasteiger partial charge on any atom is 0.325 e. The summed E-state index contributed by atoms with van der Waals surface area (Å²) in [6.45, 7) is 0.611. The molecule has 1 aliphatic rings. The van der Waals surface area contributed by atoms with Crippen LogP contribution < -0.4 is 5.32 Å². The highest BCUT2D eigenvalue weighted by Crippen LogP contribution is 2.27. The van der Waals surface area contributed by atoms with Gasteiger partial charge in [0.2, 0.25) is 0 Å². The van der Waals surface area contributed by atoms with Crippen LogP contribution in [0.5, 0.6) is 0 Å². The smallest absolute Gasteiger partial charge is 0.325 e. The van der Waals surface area contributed by atoms with Gasteiger partial charge in [0.1, 0.15) is 6.04 Å². The highest BCUT2D eigenvalue weighted by molar-refractivity contribution is 5.75. The quantitative estimate of drug-likeness (QED) is 0.551. The van der Waals surface area contributed by atoms with Gasteiger partial charge in [0.05, 0.1) is 13.7 Å². The van der Waals surface area contributed by atoms with Crippen molar-refractivity contribution in [3.63, 3.8) is 0 Å². The van der Waals surface area contributed by atoms with Crippen molar-refractivity contribution in [3.8, 4) is 0 Å². The standard InChI is InChI=1S/C8H15NO3/c1-12-8(11)7(5-10)9-4-6-2-3-6/h6-7,9-10H,2-5H2,1H3. The number of ether oxygens (including phenoxy) is 1. The lowest BCUT2D eigenvalue weighted by molar-refractivity contribution is -0.144. The zero-order valence-electron chi connectivity index (χ0n) is 7.25. The Kier molecular flexibility index (Phi) is 3.49. The largest absolute Gasteiger partial charge is 0.468 e. The molecule has 0 aliphatic heterocycles. The first-order valence-corrected chi connectivity index (χ1v) is 4.20. The molecule has 0 heterocycles. The Labute approximate surface area is 71.9 Å². The molecule has 1 fully saturated rings. The third-order valence-electron chi connectivity index (χ3n) is 2.02. The van der Waals surface area contributed by atoms with Crippen molar-refractivity contribution >= 4 is 5.97 Å². The normalized spacial score (nSPS) is 18.8. The van der Waals surface area contributed by atoms with Crippen molar-refractivity contribution in [1.82, 2.24) is 5.32 Å². The minimum Gasteiger partial charge on any atom is -0.468 e. The third kappa shape index (κ3) is 2.79. The number of aliphatic hydroxyl groups is 1. The van der Waals surface area contributed by atoms with Gasteiger partial charge in [-0.25, -0.2) is 0 Å². The van der Waals surface area contributed by atoms with Crippen molar-refractivity contribution in [1.29, 1.82) is 0 Å². The number of hydrogen-bond acceptors (Lipinski definition) is 4. The van der Waals surface area contributed by atoms with E-state index < -0.39 is 12.0 Å². The molecule has 1 rings (SSSR count). The highest BCUT2D eigenvalue weighted by atomic mass is 16.5. The molecule has 4 nitrogen and oxygen atoms in total. The first-order chi connectivity index (χ1) is 5.77. The van der Waals surface area contributed by atoms with E-state index in [0.29, 0.717) is 5.92 Å². The van der Waals surface area contributed by atoms with Gasteiger partial charge in [0.15, 0.2) is 0 Å². The predicted molar refractivity (Wildman–Crippen MR) is 43.6 cm³/mol. The number of esters is 1. The van der Waals surface area contributed by atoms with Crippen LogP contribution in [0.25, 0.3) is 0 Å². The summed E-state index contributed by atoms with van der Waals surface area (Å²) in [5.41, 5.74) is 0. The van der Waals surface area contributed by atoms with Gasteiger partial charge in [0.25, 0.3) is 0 Å². The second-order valence-electron chi connectivity index (χ2n) is 3.11. The fourth-order valence-electron chi connectivity index (χ4n) is 0.996. The van der Waals surface area contributed by atoms with Crippen LogP contribution in [0.15, 0.2) is 0 Å². The second-order valence-corrected chi connectivity index (χ2v) is 3.11. The molecule has 0 spiro atoms. The number of carbonyl (C=O) groups is 1. The van der Waals surface area contributed by atoms with E-state index in [0.717, 1.165) is 6.54 Å². The molecule has 70 valence electrons. The van der Waals surface area contributed by atoms with E-state index in [9.17, 15) is 4.79 Å². The minimum absolute atomic E-state index is 0.195. The Morgan fingerprint density at radius 1 is 1.75 bits per heavy atom. The summed E-state index contributed by atoms with van der Waals surface area (Å²) in [5.74, 6) is 0.307. The zero-order valence-corrected chi connectivity index (χ0v) is 7.25. The molecule has 0 saturated heterocycles. The average molecular weight is 173 g/mol. The summed E-state index contributed by atoms with van der Waals surface area (Å²) >= 11 is 0. The van der Waals surface area contributed by atoms with Crippen molar-refractivity contribution in [2.24, 2.45) is 5.92 Å². The van der Waals surface area contributed by atoms with Gasteiger partial charge in [-0.1, -0.05) is 0 Å². The van der Waals surface area contributed by atoms with Crippen LogP contribution in [0.2, 0.25) is 0 Å². The van der Waals surface area contributed by atoms with Crippen molar-refractivity contribution in [2.45, 2.75) is 18.9 Å². The van der Waals surface area contributed by atoms with Crippen molar-refractivity contribution < 1.29 is 14.6 Å². The van der Waals surface area contributed by atoms with Crippen LogP contribution in [-0.2, 0) is 9.53 Å². The third-order valence-corrected chi connectivity index (χ3v) is 2.02. The number of rotatable bonds is 5. The lowest BCUT2D eigenvalue weighted by Crippen LogP contribution is -2.41. The number of hydrogen-bond donors (Lipinski definition) is 2. The van der Waals surface area contributed by atoms with E-state index >= 15 is 0 Å². The summed E-state index contributed by atoms with van der Waals surface area (Å²) < 4.78 is 4.49. The molecule has 4 heteroatoms. The van der Waals surface area contributed by atoms with Crippen LogP contribution in [0.1, 0.15) is 12.8 Å². The number of nitrogens with one attached hydrogen (secondary N) is 1. The van der Waals surface area contributed by atoms with E-state index in [1.165, 1.54) is 20.0 Å². The molecule has 0 bridgehead atoms. The fraction of sp³-hybridized carbons (Fsp3) is 0.875. The summed E-state index contributed by atoms with van der Waals surface area (Å²) in [5, 5.41) is 11.8. The Morgan fingerprint density at radius 2 is 2.42 bits per heavy atom. The maximum atomic E-state index is 10.9. The molecule has 1 aliphatic carbocycles. The first kappa shape index (κ1) is 9.48. The summed E-state index contributed by atoms with van der Waals surface area (Å²) in [7, 11) is 1.32. The van der Waals surface area contributed by atoms with Gasteiger partial charge in [-0.3, -0.25) is 4.79 Å². The van der Waals surface area contributed by atoms with Gasteiger partial charge >= 0.3 is 5.97 Å². The van der Waals surface area contributed by atoms with Crippen LogP contribution in [0, 0.1) is 5.92 Å².